The van der Waals surface area contributed by atoms with Crippen LogP contribution in [0.5, 0.6) is 0 Å². The van der Waals surface area contributed by atoms with Gasteiger partial charge in [-0.1, -0.05) is 53.2 Å². The van der Waals surface area contributed by atoms with Gasteiger partial charge in [-0.25, -0.2) is 0 Å². The van der Waals surface area contributed by atoms with Gasteiger partial charge < -0.3 is 5.11 Å². The summed E-state index contributed by atoms with van der Waals surface area (Å²) < 4.78 is 0. The lowest BCUT2D eigenvalue weighted by molar-refractivity contribution is -0.0586. The predicted octanol–water partition coefficient (Wildman–Crippen LogP) is 7.49. The maximum absolute atomic E-state index is 10.3. The van der Waals surface area contributed by atoms with Gasteiger partial charge in [-0.2, -0.15) is 0 Å². The summed E-state index contributed by atoms with van der Waals surface area (Å²) in [5.41, 5.74) is 2.60. The van der Waals surface area contributed by atoms with E-state index in [4.69, 9.17) is 0 Å². The third-order valence-electron chi connectivity index (χ3n) is 12.1. The highest BCUT2D eigenvalue weighted by Crippen LogP contribution is 2.69. The van der Waals surface area contributed by atoms with Crippen LogP contribution >= 0.6 is 0 Å². The summed E-state index contributed by atoms with van der Waals surface area (Å²) >= 11 is 0. The Labute approximate surface area is 186 Å². The molecule has 5 aliphatic rings. The maximum atomic E-state index is 10.3. The van der Waals surface area contributed by atoms with Crippen molar-refractivity contribution in [1.29, 1.82) is 0 Å². The van der Waals surface area contributed by atoms with Gasteiger partial charge in [0.15, 0.2) is 0 Å². The summed E-state index contributed by atoms with van der Waals surface area (Å²) in [6.45, 7) is 15.3. The molecule has 11 atom stereocenters. The van der Waals surface area contributed by atoms with E-state index in [1.807, 2.05) is 0 Å². The first-order valence-electron chi connectivity index (χ1n) is 13.5. The molecule has 5 aliphatic carbocycles. The summed E-state index contributed by atoms with van der Waals surface area (Å²) in [7, 11) is 0. The van der Waals surface area contributed by atoms with Crippen molar-refractivity contribution in [2.24, 2.45) is 64.1 Å². The van der Waals surface area contributed by atoms with Gasteiger partial charge in [0.2, 0.25) is 0 Å². The molecule has 1 N–H and O–H groups in total. The molecule has 0 spiro atoms. The van der Waals surface area contributed by atoms with Gasteiger partial charge in [0.05, 0.1) is 6.10 Å². The van der Waals surface area contributed by atoms with Crippen molar-refractivity contribution in [2.45, 2.75) is 105 Å². The molecule has 1 heteroatoms. The summed E-state index contributed by atoms with van der Waals surface area (Å²) in [5, 5.41) is 10.3. The molecule has 0 aliphatic heterocycles. The van der Waals surface area contributed by atoms with E-state index >= 15 is 0 Å². The van der Waals surface area contributed by atoms with Crippen molar-refractivity contribution in [1.82, 2.24) is 0 Å². The fraction of sp³-hybridized carbons (Fsp3) is 0.931. The minimum atomic E-state index is -0.0776. The molecule has 1 nitrogen and oxygen atoms in total. The average molecular weight is 413 g/mol. The summed E-state index contributed by atoms with van der Waals surface area (Å²) in [6, 6.07) is 0. The summed E-state index contributed by atoms with van der Waals surface area (Å²) in [5.74, 6) is 8.39. The van der Waals surface area contributed by atoms with Crippen molar-refractivity contribution >= 4 is 0 Å². The average Bonchev–Trinajstić information content (AvgIpc) is 3.42. The van der Waals surface area contributed by atoms with Crippen LogP contribution in [0.3, 0.4) is 0 Å². The lowest BCUT2D eigenvalue weighted by Gasteiger charge is -2.58. The standard InChI is InChI=1S/C29H48O/c1-17(2)18(3)23-16-24(23)19(4)25-9-10-26-22-8-7-20-15-21(30)11-13-28(20,5)27(22)12-14-29(25,26)6/h7,17-19,21-27,30H,8-16H2,1-6H3/t18-,19+,21-,22-,23+,24+,25+,26-,27-,28-,29+/m0/s1. The minimum Gasteiger partial charge on any atom is -0.393 e. The maximum Gasteiger partial charge on any atom is 0.0577 e. The van der Waals surface area contributed by atoms with Crippen LogP contribution in [0.1, 0.15) is 99.3 Å². The Balaban J connectivity index is 1.34. The van der Waals surface area contributed by atoms with Crippen molar-refractivity contribution < 1.29 is 5.11 Å². The zero-order chi connectivity index (χ0) is 21.4. The second-order valence-corrected chi connectivity index (χ2v) is 13.4. The van der Waals surface area contributed by atoms with Gasteiger partial charge in [0, 0.05) is 0 Å². The number of aliphatic hydroxyl groups excluding tert-OH is 1. The zero-order valence-corrected chi connectivity index (χ0v) is 20.7. The molecule has 0 heterocycles. The van der Waals surface area contributed by atoms with Gasteiger partial charge in [0.25, 0.3) is 0 Å². The second kappa shape index (κ2) is 7.36. The van der Waals surface area contributed by atoms with Crippen molar-refractivity contribution in [3.63, 3.8) is 0 Å². The molecular formula is C29H48O. The van der Waals surface area contributed by atoms with Crippen LogP contribution in [-0.2, 0) is 0 Å². The fourth-order valence-corrected chi connectivity index (χ4v) is 9.78. The lowest BCUT2D eigenvalue weighted by Crippen LogP contribution is -2.51. The van der Waals surface area contributed by atoms with E-state index < -0.39 is 0 Å². The molecule has 0 unspecified atom stereocenters. The normalized spacial score (nSPS) is 52.1. The highest BCUT2D eigenvalue weighted by Gasteiger charge is 2.61. The van der Waals surface area contributed by atoms with Crippen LogP contribution in [0.4, 0.5) is 0 Å². The van der Waals surface area contributed by atoms with E-state index in [9.17, 15) is 5.11 Å². The molecule has 0 saturated heterocycles. The molecule has 0 aromatic rings. The van der Waals surface area contributed by atoms with E-state index in [-0.39, 0.29) is 6.10 Å². The van der Waals surface area contributed by atoms with Gasteiger partial charge >= 0.3 is 0 Å². The lowest BCUT2D eigenvalue weighted by atomic mass is 9.47. The zero-order valence-electron chi connectivity index (χ0n) is 20.7. The number of hydrogen-bond acceptors (Lipinski definition) is 1. The Bertz CT molecular complexity index is 692. The van der Waals surface area contributed by atoms with Crippen molar-refractivity contribution in [3.05, 3.63) is 11.6 Å². The highest BCUT2D eigenvalue weighted by atomic mass is 16.3. The molecule has 4 fully saturated rings. The van der Waals surface area contributed by atoms with E-state index in [1.165, 1.54) is 44.9 Å². The van der Waals surface area contributed by atoms with E-state index in [2.05, 4.69) is 47.6 Å². The van der Waals surface area contributed by atoms with Crippen LogP contribution < -0.4 is 0 Å². The van der Waals surface area contributed by atoms with Gasteiger partial charge in [0.1, 0.15) is 0 Å². The number of fused-ring (bicyclic) bond motifs is 5. The SMILES string of the molecule is CC(C)[C@H](C)[C@H]1C[C@@H]1[C@@H](C)[C@H]1CC[C@H]2[C@@H]3CC=C4C[C@@H](O)CC[C@]4(C)[C@H]3CC[C@]12C. The molecule has 30 heavy (non-hydrogen) atoms. The van der Waals surface area contributed by atoms with E-state index in [0.29, 0.717) is 10.8 Å². The smallest absolute Gasteiger partial charge is 0.0577 e. The van der Waals surface area contributed by atoms with Gasteiger partial charge in [-0.3, -0.25) is 0 Å². The Kier molecular flexibility index (Phi) is 5.28. The van der Waals surface area contributed by atoms with Gasteiger partial charge in [-0.05, 0) is 122 Å². The number of hydrogen-bond donors (Lipinski definition) is 1. The van der Waals surface area contributed by atoms with Crippen LogP contribution in [-0.4, -0.2) is 11.2 Å². The van der Waals surface area contributed by atoms with Crippen LogP contribution in [0.2, 0.25) is 0 Å². The topological polar surface area (TPSA) is 20.2 Å². The van der Waals surface area contributed by atoms with Crippen LogP contribution in [0, 0.1) is 64.1 Å². The molecular weight excluding hydrogens is 364 g/mol. The third-order valence-corrected chi connectivity index (χ3v) is 12.1. The Morgan fingerprint density at radius 1 is 0.933 bits per heavy atom. The minimum absolute atomic E-state index is 0.0776. The Hall–Kier alpha value is -0.300. The summed E-state index contributed by atoms with van der Waals surface area (Å²) in [4.78, 5) is 0. The molecule has 5 rings (SSSR count). The second-order valence-electron chi connectivity index (χ2n) is 13.4. The first kappa shape index (κ1) is 21.5. The van der Waals surface area contributed by atoms with E-state index in [0.717, 1.165) is 66.1 Å². The highest BCUT2D eigenvalue weighted by molar-refractivity contribution is 5.25. The molecule has 0 bridgehead atoms. The molecule has 0 amide bonds. The first-order chi connectivity index (χ1) is 14.2. The van der Waals surface area contributed by atoms with E-state index in [1.54, 1.807) is 5.57 Å². The summed E-state index contributed by atoms with van der Waals surface area (Å²) in [6.07, 6.45) is 14.4. The first-order valence-corrected chi connectivity index (χ1v) is 13.5. The number of aliphatic hydroxyl groups is 1. The van der Waals surface area contributed by atoms with Crippen molar-refractivity contribution in [2.75, 3.05) is 0 Å². The molecule has 170 valence electrons. The number of rotatable bonds is 4. The third kappa shape index (κ3) is 3.11. The monoisotopic (exact) mass is 412 g/mol. The fourth-order valence-electron chi connectivity index (χ4n) is 9.78. The Morgan fingerprint density at radius 2 is 1.70 bits per heavy atom. The molecule has 0 aromatic carbocycles. The molecule has 0 aromatic heterocycles. The van der Waals surface area contributed by atoms with Gasteiger partial charge in [-0.15, -0.1) is 0 Å². The van der Waals surface area contributed by atoms with Crippen LogP contribution in [0.15, 0.2) is 11.6 Å². The van der Waals surface area contributed by atoms with Crippen LogP contribution in [0.25, 0.3) is 0 Å². The molecule has 4 saturated carbocycles. The Morgan fingerprint density at radius 3 is 2.43 bits per heavy atom. The largest absolute Gasteiger partial charge is 0.393 e. The quantitative estimate of drug-likeness (QED) is 0.474. The molecule has 0 radical (unpaired) electrons. The predicted molar refractivity (Wildman–Crippen MR) is 126 cm³/mol. The number of allylic oxidation sites excluding steroid dienone is 1. The van der Waals surface area contributed by atoms with Crippen molar-refractivity contribution in [3.8, 4) is 0 Å².